The predicted octanol–water partition coefficient (Wildman–Crippen LogP) is 3.49. The molecule has 0 aliphatic rings. The van der Waals surface area contributed by atoms with E-state index >= 15 is 0 Å². The molecule has 3 rings (SSSR count). The predicted molar refractivity (Wildman–Crippen MR) is 81.2 cm³/mol. The van der Waals surface area contributed by atoms with Gasteiger partial charge in [-0.2, -0.15) is 5.10 Å². The van der Waals surface area contributed by atoms with E-state index in [1.165, 1.54) is 5.56 Å². The lowest BCUT2D eigenvalue weighted by atomic mass is 10.1. The highest BCUT2D eigenvalue weighted by Crippen LogP contribution is 2.24. The Morgan fingerprint density at radius 1 is 1.25 bits per heavy atom. The van der Waals surface area contributed by atoms with Crippen LogP contribution in [0.5, 0.6) is 5.75 Å². The number of aryl methyl sites for hydroxylation is 1. The van der Waals surface area contributed by atoms with Crippen molar-refractivity contribution in [3.8, 4) is 5.75 Å². The number of methoxy groups -OCH3 is 1. The normalized spacial score (nSPS) is 10.7. The van der Waals surface area contributed by atoms with Crippen molar-refractivity contribution in [2.75, 3.05) is 12.4 Å². The van der Waals surface area contributed by atoms with Gasteiger partial charge >= 0.3 is 0 Å². The molecule has 1 aromatic heterocycles. The van der Waals surface area contributed by atoms with Crippen LogP contribution in [-0.4, -0.2) is 17.3 Å². The van der Waals surface area contributed by atoms with Gasteiger partial charge in [0, 0.05) is 23.2 Å². The molecule has 0 radical (unpaired) electrons. The fraction of sp³-hybridized carbons (Fsp3) is 0.188. The number of aromatic amines is 1. The zero-order chi connectivity index (χ0) is 13.9. The maximum absolute atomic E-state index is 5.40. The van der Waals surface area contributed by atoms with Gasteiger partial charge in [-0.05, 0) is 25.1 Å². The lowest BCUT2D eigenvalue weighted by molar-refractivity contribution is 0.410. The Hall–Kier alpha value is -2.49. The second-order valence-electron chi connectivity index (χ2n) is 4.81. The number of rotatable bonds is 4. The number of hydrogen-bond donors (Lipinski definition) is 2. The number of nitrogens with zero attached hydrogens (tertiary/aromatic N) is 1. The lowest BCUT2D eigenvalue weighted by Gasteiger charge is -2.12. The zero-order valence-electron chi connectivity index (χ0n) is 11.6. The van der Waals surface area contributed by atoms with Gasteiger partial charge in [0.15, 0.2) is 0 Å². The van der Waals surface area contributed by atoms with Crippen LogP contribution in [0.3, 0.4) is 0 Å². The van der Waals surface area contributed by atoms with Crippen LogP contribution in [0.1, 0.15) is 11.1 Å². The summed E-state index contributed by atoms with van der Waals surface area (Å²) in [6, 6.07) is 12.3. The van der Waals surface area contributed by atoms with Gasteiger partial charge in [0.2, 0.25) is 0 Å². The molecular weight excluding hydrogens is 250 g/mol. The summed E-state index contributed by atoms with van der Waals surface area (Å²) in [4.78, 5) is 0. The second-order valence-corrected chi connectivity index (χ2v) is 4.81. The summed E-state index contributed by atoms with van der Waals surface area (Å²) in [5.41, 5.74) is 4.48. The average molecular weight is 267 g/mol. The SMILES string of the molecule is COc1ccc(C)cc1CNc1cccc2[nH]ncc12. The topological polar surface area (TPSA) is 49.9 Å². The average Bonchev–Trinajstić information content (AvgIpc) is 2.94. The van der Waals surface area contributed by atoms with E-state index in [-0.39, 0.29) is 0 Å². The minimum Gasteiger partial charge on any atom is -0.496 e. The highest BCUT2D eigenvalue weighted by molar-refractivity contribution is 5.90. The lowest BCUT2D eigenvalue weighted by Crippen LogP contribution is -2.02. The number of benzene rings is 2. The Balaban J connectivity index is 1.86. The molecule has 4 heteroatoms. The molecule has 0 unspecified atom stereocenters. The molecule has 0 fully saturated rings. The largest absolute Gasteiger partial charge is 0.496 e. The third-order valence-corrected chi connectivity index (χ3v) is 3.39. The van der Waals surface area contributed by atoms with Gasteiger partial charge in [-0.3, -0.25) is 5.10 Å². The van der Waals surface area contributed by atoms with Gasteiger partial charge in [-0.1, -0.05) is 23.8 Å². The van der Waals surface area contributed by atoms with Crippen molar-refractivity contribution in [3.05, 3.63) is 53.7 Å². The first-order valence-electron chi connectivity index (χ1n) is 6.57. The number of aromatic nitrogens is 2. The number of anilines is 1. The van der Waals surface area contributed by atoms with Crippen molar-refractivity contribution >= 4 is 16.6 Å². The number of H-pyrrole nitrogens is 1. The van der Waals surface area contributed by atoms with Crippen LogP contribution in [0, 0.1) is 6.92 Å². The Bertz CT molecular complexity index is 733. The maximum atomic E-state index is 5.40. The zero-order valence-corrected chi connectivity index (χ0v) is 11.6. The van der Waals surface area contributed by atoms with Crippen molar-refractivity contribution < 1.29 is 4.74 Å². The number of nitrogens with one attached hydrogen (secondary N) is 2. The van der Waals surface area contributed by atoms with Crippen LogP contribution >= 0.6 is 0 Å². The Labute approximate surface area is 117 Å². The van der Waals surface area contributed by atoms with E-state index < -0.39 is 0 Å². The maximum Gasteiger partial charge on any atom is 0.123 e. The molecule has 2 N–H and O–H groups in total. The molecule has 102 valence electrons. The Morgan fingerprint density at radius 2 is 2.15 bits per heavy atom. The second kappa shape index (κ2) is 5.25. The monoisotopic (exact) mass is 267 g/mol. The molecular formula is C16H17N3O. The summed E-state index contributed by atoms with van der Waals surface area (Å²) in [6.45, 7) is 2.80. The van der Waals surface area contributed by atoms with E-state index in [4.69, 9.17) is 4.74 Å². The summed E-state index contributed by atoms with van der Waals surface area (Å²) in [6.07, 6.45) is 1.84. The van der Waals surface area contributed by atoms with Gasteiger partial charge < -0.3 is 10.1 Å². The minimum atomic E-state index is 0.717. The van der Waals surface area contributed by atoms with E-state index in [1.54, 1.807) is 7.11 Å². The summed E-state index contributed by atoms with van der Waals surface area (Å²) in [5, 5.41) is 11.6. The fourth-order valence-electron chi connectivity index (χ4n) is 2.36. The Kier molecular flexibility index (Phi) is 3.29. The molecule has 3 aromatic rings. The minimum absolute atomic E-state index is 0.717. The third kappa shape index (κ3) is 2.32. The van der Waals surface area contributed by atoms with Gasteiger partial charge in [0.05, 0.1) is 18.8 Å². The van der Waals surface area contributed by atoms with E-state index in [9.17, 15) is 0 Å². The highest BCUT2D eigenvalue weighted by atomic mass is 16.5. The van der Waals surface area contributed by atoms with Crippen molar-refractivity contribution in [3.63, 3.8) is 0 Å². The van der Waals surface area contributed by atoms with Crippen LogP contribution in [0.25, 0.3) is 10.9 Å². The molecule has 0 atom stereocenters. The summed E-state index contributed by atoms with van der Waals surface area (Å²) >= 11 is 0. The van der Waals surface area contributed by atoms with Crippen molar-refractivity contribution in [1.29, 1.82) is 0 Å². The van der Waals surface area contributed by atoms with E-state index in [0.29, 0.717) is 0 Å². The van der Waals surface area contributed by atoms with Crippen LogP contribution in [0.15, 0.2) is 42.6 Å². The molecule has 2 aromatic carbocycles. The molecule has 0 saturated carbocycles. The molecule has 0 amide bonds. The smallest absolute Gasteiger partial charge is 0.123 e. The first-order valence-corrected chi connectivity index (χ1v) is 6.57. The van der Waals surface area contributed by atoms with Gasteiger partial charge in [-0.15, -0.1) is 0 Å². The van der Waals surface area contributed by atoms with Crippen LogP contribution in [0.4, 0.5) is 5.69 Å². The molecule has 0 aliphatic carbocycles. The fourth-order valence-corrected chi connectivity index (χ4v) is 2.36. The molecule has 0 aliphatic heterocycles. The van der Waals surface area contributed by atoms with Gasteiger partial charge in [0.25, 0.3) is 0 Å². The molecule has 20 heavy (non-hydrogen) atoms. The molecule has 0 bridgehead atoms. The highest BCUT2D eigenvalue weighted by Gasteiger charge is 2.05. The summed E-state index contributed by atoms with van der Waals surface area (Å²) in [5.74, 6) is 0.905. The van der Waals surface area contributed by atoms with Crippen molar-refractivity contribution in [2.24, 2.45) is 0 Å². The van der Waals surface area contributed by atoms with E-state index in [0.717, 1.165) is 34.4 Å². The number of ether oxygens (including phenoxy) is 1. The first kappa shape index (κ1) is 12.5. The van der Waals surface area contributed by atoms with E-state index in [2.05, 4.69) is 40.6 Å². The Morgan fingerprint density at radius 3 is 3.00 bits per heavy atom. The van der Waals surface area contributed by atoms with Gasteiger partial charge in [-0.25, -0.2) is 0 Å². The summed E-state index contributed by atoms with van der Waals surface area (Å²) in [7, 11) is 1.70. The molecule has 0 spiro atoms. The first-order chi connectivity index (χ1) is 9.78. The number of fused-ring (bicyclic) bond motifs is 1. The van der Waals surface area contributed by atoms with Gasteiger partial charge in [0.1, 0.15) is 5.75 Å². The quantitative estimate of drug-likeness (QED) is 0.760. The van der Waals surface area contributed by atoms with Crippen LogP contribution in [-0.2, 0) is 6.54 Å². The summed E-state index contributed by atoms with van der Waals surface area (Å²) < 4.78 is 5.40. The van der Waals surface area contributed by atoms with Crippen molar-refractivity contribution in [2.45, 2.75) is 13.5 Å². The van der Waals surface area contributed by atoms with E-state index in [1.807, 2.05) is 24.4 Å². The number of hydrogen-bond acceptors (Lipinski definition) is 3. The molecule has 4 nitrogen and oxygen atoms in total. The molecule has 1 heterocycles. The van der Waals surface area contributed by atoms with Crippen molar-refractivity contribution in [1.82, 2.24) is 10.2 Å². The van der Waals surface area contributed by atoms with Crippen LogP contribution < -0.4 is 10.1 Å². The molecule has 0 saturated heterocycles. The third-order valence-electron chi connectivity index (χ3n) is 3.39. The standard InChI is InChI=1S/C16H17N3O/c1-11-6-7-16(20-2)12(8-11)9-17-14-4-3-5-15-13(14)10-18-19-15/h3-8,10,17H,9H2,1-2H3,(H,18,19). The van der Waals surface area contributed by atoms with Crippen LogP contribution in [0.2, 0.25) is 0 Å².